The first-order valence-electron chi connectivity index (χ1n) is 7.62. The van der Waals surface area contributed by atoms with E-state index in [0.717, 1.165) is 18.4 Å². The van der Waals surface area contributed by atoms with Crippen LogP contribution in [0.2, 0.25) is 0 Å². The van der Waals surface area contributed by atoms with Gasteiger partial charge in [0, 0.05) is 13.0 Å². The molecular formula is C16H21N3O4. The minimum atomic E-state index is -0.143. The van der Waals surface area contributed by atoms with Crippen LogP contribution >= 0.6 is 0 Å². The van der Waals surface area contributed by atoms with Crippen molar-refractivity contribution in [1.29, 1.82) is 0 Å². The third-order valence-corrected chi connectivity index (χ3v) is 3.94. The van der Waals surface area contributed by atoms with E-state index in [-0.39, 0.29) is 12.2 Å². The van der Waals surface area contributed by atoms with Gasteiger partial charge in [-0.05, 0) is 30.5 Å². The molecule has 3 rings (SSSR count). The smallest absolute Gasteiger partial charge is 0.255 e. The minimum absolute atomic E-state index is 0.0844. The summed E-state index contributed by atoms with van der Waals surface area (Å²) >= 11 is 0. The Morgan fingerprint density at radius 3 is 2.74 bits per heavy atom. The predicted molar refractivity (Wildman–Crippen MR) is 82.6 cm³/mol. The van der Waals surface area contributed by atoms with Gasteiger partial charge in [0.05, 0.1) is 20.3 Å². The summed E-state index contributed by atoms with van der Waals surface area (Å²) in [5, 5.41) is 4.04. The summed E-state index contributed by atoms with van der Waals surface area (Å²) in [7, 11) is 3.22. The first-order chi connectivity index (χ1) is 11.2. The molecule has 0 unspecified atom stereocenters. The Balaban J connectivity index is 1.69. The SMILES string of the molecule is COc1ccc(Cc2noc([C@H]3CC[C@H](CN)O3)n2)cc1OC. The van der Waals surface area contributed by atoms with Gasteiger partial charge in [-0.15, -0.1) is 0 Å². The molecule has 0 radical (unpaired) electrons. The first-order valence-corrected chi connectivity index (χ1v) is 7.62. The van der Waals surface area contributed by atoms with Crippen molar-refractivity contribution < 1.29 is 18.7 Å². The van der Waals surface area contributed by atoms with Gasteiger partial charge >= 0.3 is 0 Å². The quantitative estimate of drug-likeness (QED) is 0.868. The van der Waals surface area contributed by atoms with E-state index in [2.05, 4.69) is 10.1 Å². The lowest BCUT2D eigenvalue weighted by Crippen LogP contribution is -2.18. The third kappa shape index (κ3) is 3.46. The Bertz CT molecular complexity index is 659. The van der Waals surface area contributed by atoms with Crippen molar-refractivity contribution in [3.63, 3.8) is 0 Å². The van der Waals surface area contributed by atoms with E-state index in [0.29, 0.717) is 36.2 Å². The highest BCUT2D eigenvalue weighted by molar-refractivity contribution is 5.43. The minimum Gasteiger partial charge on any atom is -0.493 e. The first kappa shape index (κ1) is 15.8. The van der Waals surface area contributed by atoms with Crippen LogP contribution in [0.3, 0.4) is 0 Å². The molecule has 1 aliphatic rings. The van der Waals surface area contributed by atoms with E-state index >= 15 is 0 Å². The topological polar surface area (TPSA) is 92.6 Å². The second-order valence-corrected chi connectivity index (χ2v) is 5.47. The van der Waals surface area contributed by atoms with Crippen LogP contribution in [0.15, 0.2) is 22.7 Å². The zero-order chi connectivity index (χ0) is 16.2. The van der Waals surface area contributed by atoms with Crippen LogP contribution in [0.4, 0.5) is 0 Å². The lowest BCUT2D eigenvalue weighted by atomic mass is 10.1. The van der Waals surface area contributed by atoms with E-state index in [4.69, 9.17) is 24.5 Å². The number of benzene rings is 1. The van der Waals surface area contributed by atoms with Crippen molar-refractivity contribution in [2.24, 2.45) is 5.73 Å². The molecule has 0 amide bonds. The van der Waals surface area contributed by atoms with Crippen LogP contribution in [-0.2, 0) is 11.2 Å². The van der Waals surface area contributed by atoms with Gasteiger partial charge < -0.3 is 24.5 Å². The molecule has 7 heteroatoms. The molecule has 1 aromatic carbocycles. The number of nitrogens with two attached hydrogens (primary N) is 1. The molecule has 23 heavy (non-hydrogen) atoms. The monoisotopic (exact) mass is 319 g/mol. The van der Waals surface area contributed by atoms with Crippen LogP contribution in [0.25, 0.3) is 0 Å². The molecule has 0 spiro atoms. The van der Waals surface area contributed by atoms with E-state index in [9.17, 15) is 0 Å². The number of hydrogen-bond donors (Lipinski definition) is 1. The number of hydrogen-bond acceptors (Lipinski definition) is 7. The second-order valence-electron chi connectivity index (χ2n) is 5.47. The number of methoxy groups -OCH3 is 2. The molecule has 2 heterocycles. The summed E-state index contributed by atoms with van der Waals surface area (Å²) in [6, 6.07) is 5.72. The normalized spacial score (nSPS) is 20.7. The lowest BCUT2D eigenvalue weighted by molar-refractivity contribution is 0.0307. The van der Waals surface area contributed by atoms with Gasteiger partial charge in [0.15, 0.2) is 17.3 Å². The summed E-state index contributed by atoms with van der Waals surface area (Å²) in [5.41, 5.74) is 6.63. The molecule has 2 N–H and O–H groups in total. The highest BCUT2D eigenvalue weighted by Crippen LogP contribution is 2.32. The molecule has 1 saturated heterocycles. The lowest BCUT2D eigenvalue weighted by Gasteiger charge is -2.08. The van der Waals surface area contributed by atoms with E-state index in [1.54, 1.807) is 14.2 Å². The van der Waals surface area contributed by atoms with Crippen molar-refractivity contribution in [2.75, 3.05) is 20.8 Å². The summed E-state index contributed by atoms with van der Waals surface area (Å²) in [6.45, 7) is 0.517. The van der Waals surface area contributed by atoms with Crippen LogP contribution in [0.5, 0.6) is 11.5 Å². The fourth-order valence-corrected chi connectivity index (χ4v) is 2.70. The van der Waals surface area contributed by atoms with Crippen molar-refractivity contribution >= 4 is 0 Å². The Hall–Kier alpha value is -2.12. The molecule has 0 saturated carbocycles. The van der Waals surface area contributed by atoms with Crippen molar-refractivity contribution in [1.82, 2.24) is 10.1 Å². The maximum Gasteiger partial charge on any atom is 0.255 e. The standard InChI is InChI=1S/C16H21N3O4/c1-20-12-5-3-10(7-14(12)21-2)8-15-18-16(23-19-15)13-6-4-11(9-17)22-13/h3,5,7,11,13H,4,6,8-9,17H2,1-2H3/t11-,13-/m1/s1. The van der Waals surface area contributed by atoms with E-state index < -0.39 is 0 Å². The van der Waals surface area contributed by atoms with Gasteiger partial charge in [-0.1, -0.05) is 11.2 Å². The highest BCUT2D eigenvalue weighted by Gasteiger charge is 2.29. The van der Waals surface area contributed by atoms with E-state index in [1.165, 1.54) is 0 Å². The van der Waals surface area contributed by atoms with Crippen molar-refractivity contribution in [3.05, 3.63) is 35.5 Å². The Labute approximate surface area is 134 Å². The van der Waals surface area contributed by atoms with Gasteiger partial charge in [-0.2, -0.15) is 4.98 Å². The van der Waals surface area contributed by atoms with Gasteiger partial charge in [0.2, 0.25) is 0 Å². The number of nitrogens with zero attached hydrogens (tertiary/aromatic N) is 2. The maximum absolute atomic E-state index is 5.77. The zero-order valence-electron chi connectivity index (χ0n) is 13.3. The van der Waals surface area contributed by atoms with Gasteiger partial charge in [-0.3, -0.25) is 0 Å². The molecule has 124 valence electrons. The Morgan fingerprint density at radius 2 is 2.04 bits per heavy atom. The second kappa shape index (κ2) is 6.97. The summed E-state index contributed by atoms with van der Waals surface area (Å²) in [4.78, 5) is 4.44. The number of rotatable bonds is 6. The molecule has 0 bridgehead atoms. The number of aromatic nitrogens is 2. The largest absolute Gasteiger partial charge is 0.493 e. The average Bonchev–Trinajstić information content (AvgIpc) is 3.23. The summed E-state index contributed by atoms with van der Waals surface area (Å²) in [6.07, 6.45) is 2.28. The fourth-order valence-electron chi connectivity index (χ4n) is 2.70. The zero-order valence-corrected chi connectivity index (χ0v) is 13.3. The Morgan fingerprint density at radius 1 is 1.22 bits per heavy atom. The van der Waals surface area contributed by atoms with Crippen LogP contribution in [0.1, 0.15) is 36.2 Å². The average molecular weight is 319 g/mol. The molecule has 2 atom stereocenters. The van der Waals surface area contributed by atoms with Crippen LogP contribution in [-0.4, -0.2) is 37.0 Å². The maximum atomic E-state index is 5.77. The van der Waals surface area contributed by atoms with Gasteiger partial charge in [0.1, 0.15) is 6.10 Å². The molecule has 1 aliphatic heterocycles. The summed E-state index contributed by atoms with van der Waals surface area (Å²) < 4.78 is 21.6. The van der Waals surface area contributed by atoms with Crippen LogP contribution in [0, 0.1) is 0 Å². The van der Waals surface area contributed by atoms with Crippen molar-refractivity contribution in [2.45, 2.75) is 31.5 Å². The highest BCUT2D eigenvalue weighted by atomic mass is 16.5. The molecule has 7 nitrogen and oxygen atoms in total. The third-order valence-electron chi connectivity index (χ3n) is 3.94. The number of ether oxygens (including phenoxy) is 3. The van der Waals surface area contributed by atoms with E-state index in [1.807, 2.05) is 18.2 Å². The Kier molecular flexibility index (Phi) is 4.78. The molecule has 0 aliphatic carbocycles. The fraction of sp³-hybridized carbons (Fsp3) is 0.500. The van der Waals surface area contributed by atoms with Crippen LogP contribution < -0.4 is 15.2 Å². The van der Waals surface area contributed by atoms with Gasteiger partial charge in [0.25, 0.3) is 5.89 Å². The van der Waals surface area contributed by atoms with Crippen molar-refractivity contribution in [3.8, 4) is 11.5 Å². The predicted octanol–water partition coefficient (Wildman–Crippen LogP) is 1.86. The molecule has 1 aromatic heterocycles. The van der Waals surface area contributed by atoms with Gasteiger partial charge in [-0.25, -0.2) is 0 Å². The molecular weight excluding hydrogens is 298 g/mol. The molecule has 1 fully saturated rings. The molecule has 2 aromatic rings. The summed E-state index contributed by atoms with van der Waals surface area (Å²) in [5.74, 6) is 2.51.